The summed E-state index contributed by atoms with van der Waals surface area (Å²) >= 11 is 1.28. The Morgan fingerprint density at radius 3 is 2.65 bits per heavy atom. The highest BCUT2D eigenvalue weighted by atomic mass is 32.1. The molecule has 3 rings (SSSR count). The van der Waals surface area contributed by atoms with E-state index in [9.17, 15) is 13.2 Å². The minimum Gasteiger partial charge on any atom is -0.306 e. The van der Waals surface area contributed by atoms with Crippen LogP contribution in [0.3, 0.4) is 0 Å². The summed E-state index contributed by atoms with van der Waals surface area (Å²) in [6, 6.07) is 2.00. The molecular weight excluding hydrogens is 325 g/mol. The quantitative estimate of drug-likeness (QED) is 0.849. The molecule has 0 spiro atoms. The Bertz CT molecular complexity index is 642. The molecule has 0 amide bonds. The summed E-state index contributed by atoms with van der Waals surface area (Å²) in [5.41, 5.74) is 1.29. The monoisotopic (exact) mass is 342 g/mol. The Labute approximate surface area is 136 Å². The van der Waals surface area contributed by atoms with Gasteiger partial charge >= 0.3 is 0 Å². The van der Waals surface area contributed by atoms with Crippen molar-refractivity contribution < 1.29 is 13.2 Å². The standard InChI is InChI=1S/C15H17F3N4S/c1-2-22-4-3-13(19-7-10-8-23-21-20-10)15(22)9-5-11(16)14(18)12(17)6-9/h5-6,8,13,15,19H,2-4,7H2,1H3/t13-,15+/m1/s1. The van der Waals surface area contributed by atoms with Gasteiger partial charge in [0.25, 0.3) is 0 Å². The Hall–Kier alpha value is -1.51. The largest absolute Gasteiger partial charge is 0.306 e. The Kier molecular flexibility index (Phi) is 4.93. The van der Waals surface area contributed by atoms with Crippen LogP contribution in [0.15, 0.2) is 17.5 Å². The molecular formula is C15H17F3N4S. The van der Waals surface area contributed by atoms with E-state index < -0.39 is 17.5 Å². The fourth-order valence-electron chi connectivity index (χ4n) is 3.11. The molecule has 2 aromatic rings. The number of nitrogens with zero attached hydrogens (tertiary/aromatic N) is 3. The Morgan fingerprint density at radius 1 is 1.30 bits per heavy atom. The van der Waals surface area contributed by atoms with E-state index >= 15 is 0 Å². The molecule has 23 heavy (non-hydrogen) atoms. The zero-order chi connectivity index (χ0) is 16.4. The lowest BCUT2D eigenvalue weighted by Gasteiger charge is -2.28. The second-order valence-electron chi connectivity index (χ2n) is 5.54. The first-order chi connectivity index (χ1) is 11.1. The SMILES string of the molecule is CCN1CC[C@@H](NCc2csnn2)[C@@H]1c1cc(F)c(F)c(F)c1. The molecule has 1 aliphatic rings. The third-order valence-electron chi connectivity index (χ3n) is 4.21. The van der Waals surface area contributed by atoms with Gasteiger partial charge in [-0.1, -0.05) is 11.4 Å². The molecule has 1 aromatic heterocycles. The number of hydrogen-bond donors (Lipinski definition) is 1. The first-order valence-corrected chi connectivity index (χ1v) is 8.31. The van der Waals surface area contributed by atoms with Crippen molar-refractivity contribution in [1.82, 2.24) is 19.8 Å². The number of rotatable bonds is 5. The molecule has 2 atom stereocenters. The van der Waals surface area contributed by atoms with E-state index in [0.717, 1.165) is 37.3 Å². The van der Waals surface area contributed by atoms with Crippen LogP contribution in [0.5, 0.6) is 0 Å². The van der Waals surface area contributed by atoms with Gasteiger partial charge in [0.15, 0.2) is 17.5 Å². The van der Waals surface area contributed by atoms with Gasteiger partial charge in [0.2, 0.25) is 0 Å². The number of halogens is 3. The molecule has 0 radical (unpaired) electrons. The summed E-state index contributed by atoms with van der Waals surface area (Å²) in [4.78, 5) is 2.13. The second kappa shape index (κ2) is 6.94. The maximum atomic E-state index is 13.6. The molecule has 0 bridgehead atoms. The zero-order valence-electron chi connectivity index (χ0n) is 12.6. The van der Waals surface area contributed by atoms with E-state index in [1.807, 2.05) is 12.3 Å². The molecule has 1 N–H and O–H groups in total. The Morgan fingerprint density at radius 2 is 2.04 bits per heavy atom. The van der Waals surface area contributed by atoms with Crippen molar-refractivity contribution in [3.05, 3.63) is 46.2 Å². The molecule has 2 heterocycles. The van der Waals surface area contributed by atoms with Crippen molar-refractivity contribution in [2.75, 3.05) is 13.1 Å². The van der Waals surface area contributed by atoms with E-state index in [-0.39, 0.29) is 12.1 Å². The minimum atomic E-state index is -1.42. The van der Waals surface area contributed by atoms with Gasteiger partial charge in [-0.15, -0.1) is 5.10 Å². The first kappa shape index (κ1) is 16.4. The van der Waals surface area contributed by atoms with Gasteiger partial charge in [-0.05, 0) is 42.2 Å². The van der Waals surface area contributed by atoms with E-state index in [1.54, 1.807) is 0 Å². The van der Waals surface area contributed by atoms with Crippen LogP contribution in [0.25, 0.3) is 0 Å². The number of likely N-dealkylation sites (N-methyl/N-ethyl adjacent to an activating group) is 1. The van der Waals surface area contributed by atoms with Crippen molar-refractivity contribution in [3.8, 4) is 0 Å². The highest BCUT2D eigenvalue weighted by Gasteiger charge is 2.35. The predicted molar refractivity (Wildman–Crippen MR) is 81.5 cm³/mol. The minimum absolute atomic E-state index is 0.0147. The van der Waals surface area contributed by atoms with Gasteiger partial charge < -0.3 is 5.32 Å². The third-order valence-corrected chi connectivity index (χ3v) is 4.76. The lowest BCUT2D eigenvalue weighted by molar-refractivity contribution is 0.246. The summed E-state index contributed by atoms with van der Waals surface area (Å²) in [7, 11) is 0. The fourth-order valence-corrected chi connectivity index (χ4v) is 3.56. The average molecular weight is 342 g/mol. The summed E-state index contributed by atoms with van der Waals surface area (Å²) in [6.07, 6.45) is 0.844. The van der Waals surface area contributed by atoms with Gasteiger partial charge in [0.05, 0.1) is 11.7 Å². The van der Waals surface area contributed by atoms with Crippen LogP contribution in [-0.2, 0) is 6.54 Å². The van der Waals surface area contributed by atoms with Crippen molar-refractivity contribution in [2.45, 2.75) is 32.0 Å². The normalized spacial score (nSPS) is 21.9. The van der Waals surface area contributed by atoms with Gasteiger partial charge in [0.1, 0.15) is 0 Å². The summed E-state index contributed by atoms with van der Waals surface area (Å²) in [5, 5.41) is 9.20. The molecule has 8 heteroatoms. The van der Waals surface area contributed by atoms with Crippen LogP contribution < -0.4 is 5.32 Å². The fraction of sp³-hybridized carbons (Fsp3) is 0.467. The lowest BCUT2D eigenvalue weighted by Crippen LogP contribution is -2.36. The van der Waals surface area contributed by atoms with Gasteiger partial charge in [-0.2, -0.15) is 0 Å². The van der Waals surface area contributed by atoms with Gasteiger partial charge in [0, 0.05) is 24.5 Å². The van der Waals surface area contributed by atoms with Crippen LogP contribution in [0.4, 0.5) is 13.2 Å². The molecule has 1 aliphatic heterocycles. The van der Waals surface area contributed by atoms with Crippen LogP contribution in [0, 0.1) is 17.5 Å². The van der Waals surface area contributed by atoms with Crippen molar-refractivity contribution in [1.29, 1.82) is 0 Å². The van der Waals surface area contributed by atoms with Crippen LogP contribution in [0.2, 0.25) is 0 Å². The highest BCUT2D eigenvalue weighted by Crippen LogP contribution is 2.33. The summed E-state index contributed by atoms with van der Waals surface area (Å²) < 4.78 is 44.2. The third kappa shape index (κ3) is 3.39. The number of benzene rings is 1. The van der Waals surface area contributed by atoms with Crippen molar-refractivity contribution in [3.63, 3.8) is 0 Å². The molecule has 1 saturated heterocycles. The number of likely N-dealkylation sites (tertiary alicyclic amines) is 1. The zero-order valence-corrected chi connectivity index (χ0v) is 13.4. The topological polar surface area (TPSA) is 41.0 Å². The van der Waals surface area contributed by atoms with Crippen LogP contribution in [-0.4, -0.2) is 33.6 Å². The van der Waals surface area contributed by atoms with Crippen LogP contribution >= 0.6 is 11.5 Å². The Balaban J connectivity index is 1.82. The van der Waals surface area contributed by atoms with Crippen molar-refractivity contribution in [2.24, 2.45) is 0 Å². The van der Waals surface area contributed by atoms with Crippen molar-refractivity contribution >= 4 is 11.5 Å². The molecule has 0 unspecified atom stereocenters. The second-order valence-corrected chi connectivity index (χ2v) is 6.15. The predicted octanol–water partition coefficient (Wildman–Crippen LogP) is 2.88. The number of hydrogen-bond acceptors (Lipinski definition) is 5. The van der Waals surface area contributed by atoms with Crippen LogP contribution in [0.1, 0.15) is 30.6 Å². The first-order valence-electron chi connectivity index (χ1n) is 7.48. The maximum Gasteiger partial charge on any atom is 0.194 e. The molecule has 4 nitrogen and oxygen atoms in total. The lowest BCUT2D eigenvalue weighted by atomic mass is 9.99. The highest BCUT2D eigenvalue weighted by molar-refractivity contribution is 7.03. The van der Waals surface area contributed by atoms with E-state index in [4.69, 9.17) is 0 Å². The molecule has 1 aromatic carbocycles. The number of aromatic nitrogens is 2. The summed E-state index contributed by atoms with van der Waals surface area (Å²) in [6.45, 7) is 4.10. The molecule has 0 saturated carbocycles. The van der Waals surface area contributed by atoms with Gasteiger partial charge in [-0.25, -0.2) is 13.2 Å². The molecule has 124 valence electrons. The number of nitrogens with one attached hydrogen (secondary N) is 1. The maximum absolute atomic E-state index is 13.6. The molecule has 1 fully saturated rings. The van der Waals surface area contributed by atoms with E-state index in [0.29, 0.717) is 12.1 Å². The molecule has 0 aliphatic carbocycles. The average Bonchev–Trinajstić information content (AvgIpc) is 3.18. The van der Waals surface area contributed by atoms with Gasteiger partial charge in [-0.3, -0.25) is 4.90 Å². The van der Waals surface area contributed by atoms with E-state index in [2.05, 4.69) is 19.8 Å². The summed E-state index contributed by atoms with van der Waals surface area (Å²) in [5.74, 6) is -3.72. The van der Waals surface area contributed by atoms with E-state index in [1.165, 1.54) is 11.5 Å². The smallest absolute Gasteiger partial charge is 0.194 e.